The van der Waals surface area contributed by atoms with Gasteiger partial charge in [0.2, 0.25) is 0 Å². The minimum atomic E-state index is 0.435. The fourth-order valence-corrected chi connectivity index (χ4v) is 3.67. The second kappa shape index (κ2) is 7.83. The molecule has 0 atom stereocenters. The fourth-order valence-electron chi connectivity index (χ4n) is 1.93. The molecule has 2 N–H and O–H groups in total. The minimum Gasteiger partial charge on any atom is -0.486 e. The van der Waals surface area contributed by atoms with Gasteiger partial charge in [0.1, 0.15) is 23.2 Å². The van der Waals surface area contributed by atoms with Gasteiger partial charge in [-0.3, -0.25) is 0 Å². The van der Waals surface area contributed by atoms with Crippen LogP contribution >= 0.6 is 34.7 Å². The monoisotopic (exact) mass is 378 g/mol. The zero-order valence-electron chi connectivity index (χ0n) is 12.9. The summed E-state index contributed by atoms with van der Waals surface area (Å²) in [6, 6.07) is 9.03. The molecule has 24 heavy (non-hydrogen) atoms. The Kier molecular flexibility index (Phi) is 5.55. The topological polar surface area (TPSA) is 73.9 Å². The summed E-state index contributed by atoms with van der Waals surface area (Å²) >= 11 is 8.94. The van der Waals surface area contributed by atoms with Crippen molar-refractivity contribution in [2.75, 3.05) is 5.73 Å². The lowest BCUT2D eigenvalue weighted by atomic mass is 10.3. The number of aryl methyl sites for hydroxylation is 1. The smallest absolute Gasteiger partial charge is 0.190 e. The minimum absolute atomic E-state index is 0.435. The summed E-state index contributed by atoms with van der Waals surface area (Å²) in [5.74, 6) is 1.95. The van der Waals surface area contributed by atoms with Crippen LogP contribution in [-0.4, -0.2) is 15.0 Å². The first-order chi connectivity index (χ1) is 11.6. The van der Waals surface area contributed by atoms with Crippen LogP contribution in [0.25, 0.3) is 0 Å². The standard InChI is InChI=1S/C16H15ClN4OS2/c1-10-6-14(18)21-16(19-10)24-9-12-8-23-15(20-12)7-22-13-4-2-11(17)3-5-13/h2-6,8H,7,9H2,1H3,(H2,18,19,21). The van der Waals surface area contributed by atoms with E-state index >= 15 is 0 Å². The zero-order chi connectivity index (χ0) is 16.9. The quantitative estimate of drug-likeness (QED) is 0.507. The summed E-state index contributed by atoms with van der Waals surface area (Å²) in [7, 11) is 0. The van der Waals surface area contributed by atoms with Crippen molar-refractivity contribution in [2.45, 2.75) is 24.4 Å². The van der Waals surface area contributed by atoms with Crippen molar-refractivity contribution in [3.63, 3.8) is 0 Å². The highest BCUT2D eigenvalue weighted by molar-refractivity contribution is 7.98. The van der Waals surface area contributed by atoms with Gasteiger partial charge in [-0.1, -0.05) is 23.4 Å². The number of thioether (sulfide) groups is 1. The Hall–Kier alpha value is -1.83. The normalized spacial score (nSPS) is 10.8. The third-order valence-corrected chi connectivity index (χ3v) is 4.98. The van der Waals surface area contributed by atoms with Crippen LogP contribution in [0.2, 0.25) is 5.02 Å². The summed E-state index contributed by atoms with van der Waals surface area (Å²) in [5.41, 5.74) is 7.57. The van der Waals surface area contributed by atoms with Gasteiger partial charge in [-0.25, -0.2) is 15.0 Å². The first kappa shape index (κ1) is 17.0. The third-order valence-electron chi connectivity index (χ3n) is 2.98. The Labute approximate surface area is 153 Å². The van der Waals surface area contributed by atoms with Gasteiger partial charge in [0.25, 0.3) is 0 Å². The van der Waals surface area contributed by atoms with E-state index in [4.69, 9.17) is 22.1 Å². The van der Waals surface area contributed by atoms with E-state index in [1.165, 1.54) is 11.8 Å². The number of nitrogens with two attached hydrogens (primary N) is 1. The Morgan fingerprint density at radius 2 is 2.00 bits per heavy atom. The van der Waals surface area contributed by atoms with Crippen LogP contribution in [0.1, 0.15) is 16.4 Å². The first-order valence-corrected chi connectivity index (χ1v) is 9.38. The summed E-state index contributed by atoms with van der Waals surface area (Å²) in [4.78, 5) is 13.1. The fraction of sp³-hybridized carbons (Fsp3) is 0.188. The molecule has 0 aliphatic heterocycles. The Bertz CT molecular complexity index is 803. The number of hydrogen-bond acceptors (Lipinski definition) is 7. The maximum absolute atomic E-state index is 5.85. The van der Waals surface area contributed by atoms with E-state index in [-0.39, 0.29) is 0 Å². The largest absolute Gasteiger partial charge is 0.486 e. The van der Waals surface area contributed by atoms with Crippen molar-refractivity contribution >= 4 is 40.5 Å². The van der Waals surface area contributed by atoms with E-state index in [0.717, 1.165) is 22.1 Å². The second-order valence-electron chi connectivity index (χ2n) is 4.98. The molecule has 2 aromatic heterocycles. The van der Waals surface area contributed by atoms with Crippen molar-refractivity contribution in [1.29, 1.82) is 0 Å². The molecular weight excluding hydrogens is 364 g/mol. The molecule has 124 valence electrons. The van der Waals surface area contributed by atoms with Crippen molar-refractivity contribution in [2.24, 2.45) is 0 Å². The lowest BCUT2D eigenvalue weighted by molar-refractivity contribution is 0.305. The average molecular weight is 379 g/mol. The van der Waals surface area contributed by atoms with E-state index in [2.05, 4.69) is 15.0 Å². The van der Waals surface area contributed by atoms with Gasteiger partial charge in [0, 0.05) is 27.9 Å². The van der Waals surface area contributed by atoms with E-state index in [1.807, 2.05) is 24.4 Å². The van der Waals surface area contributed by atoms with Gasteiger partial charge in [-0.15, -0.1) is 11.3 Å². The Balaban J connectivity index is 1.54. The molecule has 8 heteroatoms. The molecule has 0 amide bonds. The third kappa shape index (κ3) is 4.83. The second-order valence-corrected chi connectivity index (χ2v) is 7.30. The molecule has 0 radical (unpaired) electrons. The molecule has 3 rings (SSSR count). The highest BCUT2D eigenvalue weighted by Gasteiger charge is 2.06. The van der Waals surface area contributed by atoms with Gasteiger partial charge in [0.15, 0.2) is 5.16 Å². The number of hydrogen-bond donors (Lipinski definition) is 1. The predicted octanol–water partition coefficient (Wildman–Crippen LogP) is 4.35. The lowest BCUT2D eigenvalue weighted by Crippen LogP contribution is -1.97. The highest BCUT2D eigenvalue weighted by Crippen LogP contribution is 2.23. The Morgan fingerprint density at radius 1 is 1.21 bits per heavy atom. The lowest BCUT2D eigenvalue weighted by Gasteiger charge is -2.03. The van der Waals surface area contributed by atoms with Crippen molar-refractivity contribution in [1.82, 2.24) is 15.0 Å². The van der Waals surface area contributed by atoms with Crippen molar-refractivity contribution in [3.8, 4) is 5.75 Å². The number of benzene rings is 1. The van der Waals surface area contributed by atoms with E-state index in [1.54, 1.807) is 29.5 Å². The number of anilines is 1. The molecule has 1 aromatic carbocycles. The highest BCUT2D eigenvalue weighted by atomic mass is 35.5. The number of ether oxygens (including phenoxy) is 1. The van der Waals surface area contributed by atoms with E-state index in [0.29, 0.717) is 28.4 Å². The summed E-state index contributed by atoms with van der Waals surface area (Å²) in [5, 5.41) is 4.30. The predicted molar refractivity (Wildman–Crippen MR) is 98.6 cm³/mol. The number of nitrogens with zero attached hydrogens (tertiary/aromatic N) is 3. The van der Waals surface area contributed by atoms with Crippen LogP contribution < -0.4 is 10.5 Å². The molecule has 0 bridgehead atoms. The number of halogens is 1. The maximum Gasteiger partial charge on any atom is 0.190 e. The average Bonchev–Trinajstić information content (AvgIpc) is 2.99. The molecule has 0 aliphatic rings. The van der Waals surface area contributed by atoms with Crippen molar-refractivity contribution < 1.29 is 4.74 Å². The molecule has 5 nitrogen and oxygen atoms in total. The van der Waals surface area contributed by atoms with Gasteiger partial charge >= 0.3 is 0 Å². The maximum atomic E-state index is 5.85. The molecule has 0 spiro atoms. The number of aromatic nitrogens is 3. The summed E-state index contributed by atoms with van der Waals surface area (Å²) < 4.78 is 5.70. The molecule has 0 aliphatic carbocycles. The van der Waals surface area contributed by atoms with Gasteiger partial charge in [-0.2, -0.15) is 0 Å². The van der Waals surface area contributed by atoms with Crippen LogP contribution in [0.5, 0.6) is 5.75 Å². The zero-order valence-corrected chi connectivity index (χ0v) is 15.3. The molecule has 0 saturated heterocycles. The first-order valence-electron chi connectivity index (χ1n) is 7.14. The van der Waals surface area contributed by atoms with Crippen LogP contribution in [0, 0.1) is 6.92 Å². The molecular formula is C16H15ClN4OS2. The summed E-state index contributed by atoms with van der Waals surface area (Å²) in [6.07, 6.45) is 0. The van der Waals surface area contributed by atoms with Gasteiger partial charge in [-0.05, 0) is 31.2 Å². The number of thiazole rings is 1. The van der Waals surface area contributed by atoms with Gasteiger partial charge < -0.3 is 10.5 Å². The van der Waals surface area contributed by atoms with E-state index < -0.39 is 0 Å². The Morgan fingerprint density at radius 3 is 2.75 bits per heavy atom. The van der Waals surface area contributed by atoms with Crippen LogP contribution in [0.4, 0.5) is 5.82 Å². The molecule has 2 heterocycles. The number of rotatable bonds is 6. The SMILES string of the molecule is Cc1cc(N)nc(SCc2csc(COc3ccc(Cl)cc3)n2)n1. The van der Waals surface area contributed by atoms with E-state index in [9.17, 15) is 0 Å². The molecule has 0 fully saturated rings. The summed E-state index contributed by atoms with van der Waals surface area (Å²) in [6.45, 7) is 2.34. The molecule has 3 aromatic rings. The van der Waals surface area contributed by atoms with Crippen LogP contribution in [0.15, 0.2) is 40.9 Å². The van der Waals surface area contributed by atoms with Crippen LogP contribution in [-0.2, 0) is 12.4 Å². The van der Waals surface area contributed by atoms with Crippen LogP contribution in [0.3, 0.4) is 0 Å². The molecule has 0 saturated carbocycles. The number of nitrogen functional groups attached to an aromatic ring is 1. The van der Waals surface area contributed by atoms with Crippen molar-refractivity contribution in [3.05, 3.63) is 57.1 Å². The molecule has 0 unspecified atom stereocenters. The van der Waals surface area contributed by atoms with Gasteiger partial charge in [0.05, 0.1) is 5.69 Å².